The molecule has 2 aromatic carbocycles. The lowest BCUT2D eigenvalue weighted by Gasteiger charge is -2.30. The molecular weight excluding hydrogens is 406 g/mol. The van der Waals surface area contributed by atoms with Gasteiger partial charge in [-0.1, -0.05) is 71.5 Å². The average molecular weight is 434 g/mol. The molecule has 1 fully saturated rings. The van der Waals surface area contributed by atoms with E-state index in [-0.39, 0.29) is 17.7 Å². The molecular formula is C25H27N3O2S. The van der Waals surface area contributed by atoms with Crippen LogP contribution in [0.15, 0.2) is 54.6 Å². The van der Waals surface area contributed by atoms with Gasteiger partial charge in [0.25, 0.3) is 5.91 Å². The van der Waals surface area contributed by atoms with Gasteiger partial charge in [0.05, 0.1) is 5.69 Å². The van der Waals surface area contributed by atoms with Crippen molar-refractivity contribution in [3.8, 4) is 0 Å². The highest BCUT2D eigenvalue weighted by molar-refractivity contribution is 7.17. The summed E-state index contributed by atoms with van der Waals surface area (Å²) in [6.07, 6.45) is 2.57. The summed E-state index contributed by atoms with van der Waals surface area (Å²) in [5.74, 6) is -0.0846. The van der Waals surface area contributed by atoms with Crippen LogP contribution in [0, 0.1) is 19.8 Å². The number of rotatable bonds is 6. The van der Waals surface area contributed by atoms with E-state index in [0.717, 1.165) is 24.8 Å². The van der Waals surface area contributed by atoms with Crippen molar-refractivity contribution in [2.24, 2.45) is 5.92 Å². The molecule has 1 N–H and O–H groups in total. The molecule has 0 aliphatic carbocycles. The molecule has 3 aromatic rings. The van der Waals surface area contributed by atoms with Crippen molar-refractivity contribution < 1.29 is 9.59 Å². The first kappa shape index (κ1) is 21.2. The Morgan fingerprint density at radius 3 is 2.58 bits per heavy atom. The molecule has 160 valence electrons. The van der Waals surface area contributed by atoms with Gasteiger partial charge in [-0.3, -0.25) is 14.5 Å². The van der Waals surface area contributed by atoms with Crippen LogP contribution in [-0.2, 0) is 17.8 Å². The fourth-order valence-corrected chi connectivity index (χ4v) is 4.92. The lowest BCUT2D eigenvalue weighted by molar-refractivity contribution is -0.123. The number of nitrogens with zero attached hydrogens (tertiary/aromatic N) is 2. The number of hydrogen-bond donors (Lipinski definition) is 1. The number of aryl methyl sites for hydroxylation is 2. The Labute approximate surface area is 187 Å². The molecule has 0 saturated carbocycles. The molecule has 1 aliphatic heterocycles. The van der Waals surface area contributed by atoms with Crippen molar-refractivity contribution in [3.63, 3.8) is 0 Å². The first-order valence-corrected chi connectivity index (χ1v) is 11.5. The van der Waals surface area contributed by atoms with E-state index in [2.05, 4.69) is 41.5 Å². The van der Waals surface area contributed by atoms with Crippen LogP contribution in [0.2, 0.25) is 0 Å². The molecule has 1 aliphatic rings. The van der Waals surface area contributed by atoms with Crippen molar-refractivity contribution in [3.05, 3.63) is 81.9 Å². The number of amides is 2. The quantitative estimate of drug-likeness (QED) is 0.614. The van der Waals surface area contributed by atoms with Crippen LogP contribution in [0.25, 0.3) is 0 Å². The third kappa shape index (κ3) is 5.02. The zero-order valence-corrected chi connectivity index (χ0v) is 18.7. The van der Waals surface area contributed by atoms with E-state index in [1.165, 1.54) is 22.5 Å². The molecule has 0 radical (unpaired) electrons. The summed E-state index contributed by atoms with van der Waals surface area (Å²) in [5, 5.41) is 3.58. The second kappa shape index (κ2) is 9.43. The smallest absolute Gasteiger partial charge is 0.263 e. The number of nitrogens with one attached hydrogen (secondary N) is 1. The van der Waals surface area contributed by atoms with Gasteiger partial charge in [0.2, 0.25) is 5.91 Å². The van der Waals surface area contributed by atoms with Gasteiger partial charge in [-0.15, -0.1) is 0 Å². The van der Waals surface area contributed by atoms with E-state index >= 15 is 0 Å². The van der Waals surface area contributed by atoms with Gasteiger partial charge in [0.15, 0.2) is 5.13 Å². The maximum atomic E-state index is 13.2. The number of benzene rings is 2. The number of aromatic nitrogens is 1. The van der Waals surface area contributed by atoms with Crippen LogP contribution < -0.4 is 10.2 Å². The van der Waals surface area contributed by atoms with Crippen molar-refractivity contribution in [2.75, 3.05) is 11.4 Å². The van der Waals surface area contributed by atoms with Crippen LogP contribution >= 0.6 is 11.3 Å². The Balaban J connectivity index is 1.44. The van der Waals surface area contributed by atoms with Crippen LogP contribution in [0.5, 0.6) is 0 Å². The molecule has 1 saturated heterocycles. The van der Waals surface area contributed by atoms with E-state index < -0.39 is 0 Å². The van der Waals surface area contributed by atoms with Crippen LogP contribution in [0.4, 0.5) is 5.13 Å². The minimum atomic E-state index is -0.147. The largest absolute Gasteiger partial charge is 0.347 e. The van der Waals surface area contributed by atoms with E-state index in [9.17, 15) is 9.59 Å². The van der Waals surface area contributed by atoms with E-state index in [1.54, 1.807) is 4.90 Å². The number of carbonyl (C=O) groups excluding carboxylic acids is 2. The van der Waals surface area contributed by atoms with E-state index in [0.29, 0.717) is 28.8 Å². The molecule has 5 nitrogen and oxygen atoms in total. The Morgan fingerprint density at radius 2 is 1.84 bits per heavy atom. The summed E-state index contributed by atoms with van der Waals surface area (Å²) in [4.78, 5) is 32.8. The van der Waals surface area contributed by atoms with Gasteiger partial charge >= 0.3 is 0 Å². The van der Waals surface area contributed by atoms with Crippen molar-refractivity contribution in [1.82, 2.24) is 10.3 Å². The summed E-state index contributed by atoms with van der Waals surface area (Å²) in [6, 6.07) is 18.2. The number of hydrogen-bond acceptors (Lipinski definition) is 4. The SMILES string of the molecule is Cc1ccc(CC2CCCN(c3nc(C)c(C(=O)NCc4ccccc4)s3)C2=O)cc1. The molecule has 0 spiro atoms. The highest BCUT2D eigenvalue weighted by atomic mass is 32.1. The molecule has 31 heavy (non-hydrogen) atoms. The third-order valence-corrected chi connectivity index (χ3v) is 6.85. The van der Waals surface area contributed by atoms with Crippen molar-refractivity contribution >= 4 is 28.3 Å². The number of anilines is 1. The highest BCUT2D eigenvalue weighted by Crippen LogP contribution is 2.31. The Kier molecular flexibility index (Phi) is 6.47. The van der Waals surface area contributed by atoms with E-state index in [4.69, 9.17) is 0 Å². The van der Waals surface area contributed by atoms with Gasteiger partial charge in [0, 0.05) is 19.0 Å². The topological polar surface area (TPSA) is 62.3 Å². The van der Waals surface area contributed by atoms with Crippen molar-refractivity contribution in [2.45, 2.75) is 39.7 Å². The summed E-state index contributed by atoms with van der Waals surface area (Å²) in [7, 11) is 0. The number of thiazole rings is 1. The predicted octanol–water partition coefficient (Wildman–Crippen LogP) is 4.68. The van der Waals surface area contributed by atoms with Gasteiger partial charge in [-0.2, -0.15) is 0 Å². The molecule has 2 heterocycles. The van der Waals surface area contributed by atoms with Crippen LogP contribution in [-0.4, -0.2) is 23.3 Å². The maximum absolute atomic E-state index is 13.2. The minimum Gasteiger partial charge on any atom is -0.347 e. The molecule has 2 amide bonds. The lowest BCUT2D eigenvalue weighted by Crippen LogP contribution is -2.42. The standard InChI is InChI=1S/C25H27N3O2S/c1-17-10-12-19(13-11-17)15-21-9-6-14-28(24(21)30)25-27-18(2)22(31-25)23(29)26-16-20-7-4-3-5-8-20/h3-5,7-8,10-13,21H,6,9,14-16H2,1-2H3,(H,26,29). The third-order valence-electron chi connectivity index (χ3n) is 5.67. The summed E-state index contributed by atoms with van der Waals surface area (Å²) in [5.41, 5.74) is 4.11. The average Bonchev–Trinajstić information content (AvgIpc) is 3.17. The first-order chi connectivity index (χ1) is 15.0. The Bertz CT molecular complexity index is 1060. The molecule has 6 heteroatoms. The van der Waals surface area contributed by atoms with Gasteiger partial charge in [0.1, 0.15) is 4.88 Å². The lowest BCUT2D eigenvalue weighted by atomic mass is 9.90. The molecule has 1 aromatic heterocycles. The first-order valence-electron chi connectivity index (χ1n) is 10.7. The summed E-state index contributed by atoms with van der Waals surface area (Å²) >= 11 is 1.31. The second-order valence-corrected chi connectivity index (χ2v) is 9.08. The monoisotopic (exact) mass is 433 g/mol. The maximum Gasteiger partial charge on any atom is 0.263 e. The molecule has 1 atom stereocenters. The predicted molar refractivity (Wildman–Crippen MR) is 124 cm³/mol. The Hall–Kier alpha value is -2.99. The number of piperidine rings is 1. The molecule has 4 rings (SSSR count). The van der Waals surface area contributed by atoms with E-state index in [1.807, 2.05) is 37.3 Å². The minimum absolute atomic E-state index is 0.0454. The second-order valence-electron chi connectivity index (χ2n) is 8.10. The fourth-order valence-electron chi connectivity index (χ4n) is 3.90. The van der Waals surface area contributed by atoms with Crippen LogP contribution in [0.3, 0.4) is 0 Å². The number of carbonyl (C=O) groups is 2. The molecule has 0 bridgehead atoms. The summed E-state index contributed by atoms with van der Waals surface area (Å²) < 4.78 is 0. The zero-order chi connectivity index (χ0) is 21.8. The normalized spacial score (nSPS) is 16.4. The Morgan fingerprint density at radius 1 is 1.10 bits per heavy atom. The fraction of sp³-hybridized carbons (Fsp3) is 0.320. The summed E-state index contributed by atoms with van der Waals surface area (Å²) in [6.45, 7) is 5.01. The van der Waals surface area contributed by atoms with Gasteiger partial charge in [-0.25, -0.2) is 4.98 Å². The van der Waals surface area contributed by atoms with Gasteiger partial charge in [-0.05, 0) is 44.2 Å². The van der Waals surface area contributed by atoms with Crippen LogP contribution in [0.1, 0.15) is 44.9 Å². The molecule has 1 unspecified atom stereocenters. The highest BCUT2D eigenvalue weighted by Gasteiger charge is 2.32. The van der Waals surface area contributed by atoms with Gasteiger partial charge < -0.3 is 5.32 Å². The zero-order valence-electron chi connectivity index (χ0n) is 17.9. The van der Waals surface area contributed by atoms with Crippen molar-refractivity contribution in [1.29, 1.82) is 0 Å².